The number of likely N-dealkylation sites (N-methyl/N-ethyl adjacent to an activating group) is 1. The van der Waals surface area contributed by atoms with Gasteiger partial charge in [0.25, 0.3) is 0 Å². The van der Waals surface area contributed by atoms with Gasteiger partial charge in [-0.1, -0.05) is 12.1 Å². The average Bonchev–Trinajstić information content (AvgIpc) is 2.39. The summed E-state index contributed by atoms with van der Waals surface area (Å²) in [6, 6.07) is 8.20. The Kier molecular flexibility index (Phi) is 4.45. The predicted molar refractivity (Wildman–Crippen MR) is 76.3 cm³/mol. The van der Waals surface area contributed by atoms with Gasteiger partial charge in [0, 0.05) is 25.7 Å². The molecule has 0 radical (unpaired) electrons. The van der Waals surface area contributed by atoms with Crippen molar-refractivity contribution in [3.05, 3.63) is 29.8 Å². The molecule has 1 fully saturated rings. The molecule has 2 N–H and O–H groups in total. The fourth-order valence-corrected chi connectivity index (χ4v) is 2.76. The molecule has 0 spiro atoms. The van der Waals surface area contributed by atoms with E-state index in [0.29, 0.717) is 12.6 Å². The van der Waals surface area contributed by atoms with Crippen molar-refractivity contribution in [1.82, 2.24) is 4.90 Å². The lowest BCUT2D eigenvalue weighted by Crippen LogP contribution is -2.62. The zero-order valence-corrected chi connectivity index (χ0v) is 12.1. The van der Waals surface area contributed by atoms with E-state index in [1.165, 1.54) is 5.56 Å². The van der Waals surface area contributed by atoms with Crippen molar-refractivity contribution in [2.75, 3.05) is 27.8 Å². The minimum Gasteiger partial charge on any atom is -0.497 e. The van der Waals surface area contributed by atoms with Gasteiger partial charge in [0.15, 0.2) is 0 Å². The summed E-state index contributed by atoms with van der Waals surface area (Å²) in [5.74, 6) is 0.892. The average molecular weight is 264 g/mol. The van der Waals surface area contributed by atoms with Crippen LogP contribution in [0.1, 0.15) is 18.4 Å². The van der Waals surface area contributed by atoms with E-state index >= 15 is 0 Å². The van der Waals surface area contributed by atoms with Gasteiger partial charge >= 0.3 is 0 Å². The van der Waals surface area contributed by atoms with Crippen LogP contribution in [0.4, 0.5) is 0 Å². The van der Waals surface area contributed by atoms with Crippen molar-refractivity contribution in [1.29, 1.82) is 0 Å². The van der Waals surface area contributed by atoms with Gasteiger partial charge in [0.2, 0.25) is 0 Å². The van der Waals surface area contributed by atoms with Crippen molar-refractivity contribution in [3.8, 4) is 5.75 Å². The van der Waals surface area contributed by atoms with E-state index in [-0.39, 0.29) is 5.54 Å². The fraction of sp³-hybridized carbons (Fsp3) is 0.600. The normalized spacial score (nSPS) is 26.3. The van der Waals surface area contributed by atoms with Gasteiger partial charge < -0.3 is 15.2 Å². The highest BCUT2D eigenvalue weighted by atomic mass is 16.5. The molecule has 0 unspecified atom stereocenters. The Balaban J connectivity index is 1.97. The molecule has 1 aliphatic carbocycles. The summed E-state index contributed by atoms with van der Waals surface area (Å²) in [7, 11) is 5.60. The second-order valence-electron chi connectivity index (χ2n) is 5.40. The Hall–Kier alpha value is -1.10. The summed E-state index contributed by atoms with van der Waals surface area (Å²) >= 11 is 0. The lowest BCUT2D eigenvalue weighted by molar-refractivity contribution is -0.0811. The second-order valence-corrected chi connectivity index (χ2v) is 5.40. The molecule has 0 heterocycles. The van der Waals surface area contributed by atoms with Crippen molar-refractivity contribution in [2.45, 2.75) is 31.0 Å². The molecular formula is C15H24N2O2. The van der Waals surface area contributed by atoms with Crippen LogP contribution < -0.4 is 10.5 Å². The molecule has 1 aromatic rings. The van der Waals surface area contributed by atoms with E-state index in [1.807, 2.05) is 12.1 Å². The minimum atomic E-state index is 0.0978. The standard InChI is InChI=1S/C15H24N2O2/c1-17(15(11-16)8-14(9-15)19-3)10-12-4-6-13(18-2)7-5-12/h4-7,14H,8-11,16H2,1-3H3. The third-order valence-electron chi connectivity index (χ3n) is 4.32. The van der Waals surface area contributed by atoms with E-state index < -0.39 is 0 Å². The smallest absolute Gasteiger partial charge is 0.118 e. The molecule has 1 saturated carbocycles. The van der Waals surface area contributed by atoms with Gasteiger partial charge in [-0.15, -0.1) is 0 Å². The molecule has 0 bridgehead atoms. The summed E-state index contributed by atoms with van der Waals surface area (Å²) in [5.41, 5.74) is 7.34. The quantitative estimate of drug-likeness (QED) is 0.848. The summed E-state index contributed by atoms with van der Waals surface area (Å²) in [4.78, 5) is 2.35. The molecule has 0 amide bonds. The molecule has 0 aliphatic heterocycles. The summed E-state index contributed by atoms with van der Waals surface area (Å²) in [5, 5.41) is 0. The Labute approximate surface area is 115 Å². The number of ether oxygens (including phenoxy) is 2. The van der Waals surface area contributed by atoms with Crippen molar-refractivity contribution in [3.63, 3.8) is 0 Å². The number of benzene rings is 1. The van der Waals surface area contributed by atoms with Crippen LogP contribution in [-0.4, -0.2) is 44.4 Å². The zero-order chi connectivity index (χ0) is 13.9. The molecule has 0 saturated heterocycles. The lowest BCUT2D eigenvalue weighted by atomic mass is 9.73. The van der Waals surface area contributed by atoms with E-state index in [0.717, 1.165) is 25.1 Å². The van der Waals surface area contributed by atoms with Gasteiger partial charge in [-0.3, -0.25) is 4.90 Å². The Morgan fingerprint density at radius 2 is 1.89 bits per heavy atom. The number of rotatable bonds is 6. The summed E-state index contributed by atoms with van der Waals surface area (Å²) < 4.78 is 10.5. The number of nitrogens with two attached hydrogens (primary N) is 1. The molecule has 0 atom stereocenters. The van der Waals surface area contributed by atoms with Gasteiger partial charge in [0.05, 0.1) is 13.2 Å². The van der Waals surface area contributed by atoms with Crippen LogP contribution in [0.3, 0.4) is 0 Å². The molecule has 1 aliphatic rings. The van der Waals surface area contributed by atoms with E-state index in [9.17, 15) is 0 Å². The van der Waals surface area contributed by atoms with Crippen molar-refractivity contribution in [2.24, 2.45) is 5.73 Å². The van der Waals surface area contributed by atoms with Crippen LogP contribution in [0.2, 0.25) is 0 Å². The minimum absolute atomic E-state index is 0.0978. The first-order valence-electron chi connectivity index (χ1n) is 6.70. The number of nitrogens with zero attached hydrogens (tertiary/aromatic N) is 1. The topological polar surface area (TPSA) is 47.7 Å². The van der Waals surface area contributed by atoms with E-state index in [1.54, 1.807) is 14.2 Å². The molecule has 2 rings (SSSR count). The molecule has 1 aromatic carbocycles. The SMILES string of the molecule is COc1ccc(CN(C)C2(CN)CC(OC)C2)cc1. The highest BCUT2D eigenvalue weighted by Gasteiger charge is 2.46. The summed E-state index contributed by atoms with van der Waals surface area (Å²) in [6.45, 7) is 1.58. The largest absolute Gasteiger partial charge is 0.497 e. The predicted octanol–water partition coefficient (Wildman–Crippen LogP) is 1.63. The number of hydrogen-bond acceptors (Lipinski definition) is 4. The van der Waals surface area contributed by atoms with Gasteiger partial charge in [-0.2, -0.15) is 0 Å². The third kappa shape index (κ3) is 2.91. The maximum absolute atomic E-state index is 5.97. The van der Waals surface area contributed by atoms with Crippen molar-refractivity contribution < 1.29 is 9.47 Å². The van der Waals surface area contributed by atoms with Crippen LogP contribution in [0.5, 0.6) is 5.75 Å². The maximum Gasteiger partial charge on any atom is 0.118 e. The highest BCUT2D eigenvalue weighted by molar-refractivity contribution is 5.27. The molecule has 4 nitrogen and oxygen atoms in total. The zero-order valence-electron chi connectivity index (χ0n) is 12.1. The van der Waals surface area contributed by atoms with Crippen molar-refractivity contribution >= 4 is 0 Å². The van der Waals surface area contributed by atoms with Crippen LogP contribution in [0.15, 0.2) is 24.3 Å². The first-order valence-corrected chi connectivity index (χ1v) is 6.70. The van der Waals surface area contributed by atoms with Gasteiger partial charge in [0.1, 0.15) is 5.75 Å². The summed E-state index contributed by atoms with van der Waals surface area (Å²) in [6.07, 6.45) is 2.40. The second kappa shape index (κ2) is 5.90. The Morgan fingerprint density at radius 3 is 2.37 bits per heavy atom. The molecule has 19 heavy (non-hydrogen) atoms. The fourth-order valence-electron chi connectivity index (χ4n) is 2.76. The molecular weight excluding hydrogens is 240 g/mol. The number of hydrogen-bond donors (Lipinski definition) is 1. The van der Waals surface area contributed by atoms with Crippen LogP contribution in [0, 0.1) is 0 Å². The van der Waals surface area contributed by atoms with Crippen LogP contribution in [-0.2, 0) is 11.3 Å². The molecule has 106 valence electrons. The first-order chi connectivity index (χ1) is 9.13. The maximum atomic E-state index is 5.97. The van der Waals surface area contributed by atoms with Gasteiger partial charge in [-0.05, 0) is 37.6 Å². The highest BCUT2D eigenvalue weighted by Crippen LogP contribution is 2.38. The molecule has 4 heteroatoms. The third-order valence-corrected chi connectivity index (χ3v) is 4.32. The monoisotopic (exact) mass is 264 g/mol. The number of methoxy groups -OCH3 is 2. The first kappa shape index (κ1) is 14.3. The van der Waals surface area contributed by atoms with Crippen LogP contribution >= 0.6 is 0 Å². The van der Waals surface area contributed by atoms with E-state index in [2.05, 4.69) is 24.1 Å². The molecule has 0 aromatic heterocycles. The Morgan fingerprint density at radius 1 is 1.26 bits per heavy atom. The lowest BCUT2D eigenvalue weighted by Gasteiger charge is -2.52. The Bertz CT molecular complexity index is 399. The van der Waals surface area contributed by atoms with Gasteiger partial charge in [-0.25, -0.2) is 0 Å². The van der Waals surface area contributed by atoms with Crippen LogP contribution in [0.25, 0.3) is 0 Å². The van der Waals surface area contributed by atoms with E-state index in [4.69, 9.17) is 15.2 Å².